The standard InChI is InChI=1S/C19H15N3/c1-12-11-17-18-13-7-3-5-9-15(13)21(2)19(18)14-8-4-6-10-16(14)22(17)20-12/h3-11H,1-2H3. The molecule has 0 saturated heterocycles. The predicted octanol–water partition coefficient (Wildman–Crippen LogP) is 4.44. The molecule has 0 N–H and O–H groups in total. The first-order valence-corrected chi connectivity index (χ1v) is 7.50. The van der Waals surface area contributed by atoms with E-state index in [0.29, 0.717) is 0 Å². The van der Waals surface area contributed by atoms with E-state index < -0.39 is 0 Å². The molecule has 5 rings (SSSR count). The van der Waals surface area contributed by atoms with Crippen molar-refractivity contribution in [3.63, 3.8) is 0 Å². The van der Waals surface area contributed by atoms with Gasteiger partial charge >= 0.3 is 0 Å². The molecule has 3 aromatic heterocycles. The molecular weight excluding hydrogens is 270 g/mol. The molecule has 3 heterocycles. The van der Waals surface area contributed by atoms with Crippen molar-refractivity contribution in [3.05, 3.63) is 60.3 Å². The van der Waals surface area contributed by atoms with Crippen molar-refractivity contribution >= 4 is 38.2 Å². The van der Waals surface area contributed by atoms with Crippen molar-refractivity contribution in [1.29, 1.82) is 0 Å². The van der Waals surface area contributed by atoms with Gasteiger partial charge < -0.3 is 4.57 Å². The maximum Gasteiger partial charge on any atom is 0.0772 e. The largest absolute Gasteiger partial charge is 0.343 e. The van der Waals surface area contributed by atoms with Crippen molar-refractivity contribution in [2.45, 2.75) is 6.92 Å². The van der Waals surface area contributed by atoms with Gasteiger partial charge in [0.15, 0.2) is 0 Å². The Morgan fingerprint density at radius 3 is 2.32 bits per heavy atom. The summed E-state index contributed by atoms with van der Waals surface area (Å²) in [7, 11) is 2.15. The number of hydrogen-bond donors (Lipinski definition) is 0. The quantitative estimate of drug-likeness (QED) is 0.412. The van der Waals surface area contributed by atoms with E-state index in [0.717, 1.165) is 11.2 Å². The zero-order valence-corrected chi connectivity index (χ0v) is 12.5. The lowest BCUT2D eigenvalue weighted by Gasteiger charge is -2.06. The molecule has 0 unspecified atom stereocenters. The molecule has 106 valence electrons. The van der Waals surface area contributed by atoms with E-state index in [2.05, 4.69) is 77.7 Å². The SMILES string of the molecule is Cc1cc2c3c4ccccc4n(C)c3c3ccccc3n2n1. The highest BCUT2D eigenvalue weighted by atomic mass is 15.2. The second-order valence-electron chi connectivity index (χ2n) is 5.90. The Balaban J connectivity index is 2.28. The van der Waals surface area contributed by atoms with Crippen molar-refractivity contribution in [2.75, 3.05) is 0 Å². The van der Waals surface area contributed by atoms with Crippen LogP contribution >= 0.6 is 0 Å². The maximum atomic E-state index is 4.71. The molecule has 0 amide bonds. The third kappa shape index (κ3) is 1.29. The lowest BCUT2D eigenvalue weighted by atomic mass is 10.1. The normalized spacial score (nSPS) is 12.1. The number of rotatable bonds is 0. The van der Waals surface area contributed by atoms with Gasteiger partial charge in [-0.05, 0) is 25.1 Å². The summed E-state index contributed by atoms with van der Waals surface area (Å²) >= 11 is 0. The van der Waals surface area contributed by atoms with Gasteiger partial charge in [0.25, 0.3) is 0 Å². The Hall–Kier alpha value is -2.81. The average Bonchev–Trinajstić information content (AvgIpc) is 3.07. The number of nitrogens with zero attached hydrogens (tertiary/aromatic N) is 3. The van der Waals surface area contributed by atoms with Crippen LogP contribution in [0.25, 0.3) is 38.2 Å². The fraction of sp³-hybridized carbons (Fsp3) is 0.105. The summed E-state index contributed by atoms with van der Waals surface area (Å²) < 4.78 is 4.38. The first-order chi connectivity index (χ1) is 10.8. The van der Waals surface area contributed by atoms with Crippen molar-refractivity contribution in [3.8, 4) is 0 Å². The summed E-state index contributed by atoms with van der Waals surface area (Å²) in [6.07, 6.45) is 0. The smallest absolute Gasteiger partial charge is 0.0772 e. The third-order valence-corrected chi connectivity index (χ3v) is 4.58. The van der Waals surface area contributed by atoms with E-state index in [4.69, 9.17) is 5.10 Å². The number of aryl methyl sites for hydroxylation is 2. The van der Waals surface area contributed by atoms with Crippen LogP contribution in [0.5, 0.6) is 0 Å². The molecule has 0 saturated carbocycles. The minimum Gasteiger partial charge on any atom is -0.343 e. The zero-order valence-electron chi connectivity index (χ0n) is 12.5. The summed E-state index contributed by atoms with van der Waals surface area (Å²) in [5.74, 6) is 0. The molecule has 3 heteroatoms. The fourth-order valence-corrected chi connectivity index (χ4v) is 3.69. The molecule has 0 atom stereocenters. The molecule has 5 aromatic rings. The minimum atomic E-state index is 1.05. The Labute approximate surface area is 127 Å². The van der Waals surface area contributed by atoms with Crippen LogP contribution in [0.2, 0.25) is 0 Å². The Kier molecular flexibility index (Phi) is 2.09. The number of benzene rings is 2. The average molecular weight is 285 g/mol. The van der Waals surface area contributed by atoms with Gasteiger partial charge in [0.2, 0.25) is 0 Å². The first-order valence-electron chi connectivity index (χ1n) is 7.50. The van der Waals surface area contributed by atoms with E-state index in [9.17, 15) is 0 Å². The van der Waals surface area contributed by atoms with Gasteiger partial charge in [-0.25, -0.2) is 4.52 Å². The molecule has 3 nitrogen and oxygen atoms in total. The molecule has 2 aromatic carbocycles. The first kappa shape index (κ1) is 11.8. The topological polar surface area (TPSA) is 22.2 Å². The number of pyridine rings is 1. The summed E-state index contributed by atoms with van der Waals surface area (Å²) in [5.41, 5.74) is 5.93. The van der Waals surface area contributed by atoms with Crippen molar-refractivity contribution in [2.24, 2.45) is 7.05 Å². The van der Waals surface area contributed by atoms with E-state index in [1.165, 1.54) is 32.7 Å². The van der Waals surface area contributed by atoms with Crippen LogP contribution in [-0.4, -0.2) is 14.2 Å². The number of para-hydroxylation sites is 2. The lowest BCUT2D eigenvalue weighted by molar-refractivity contribution is 0.971. The van der Waals surface area contributed by atoms with Crippen molar-refractivity contribution < 1.29 is 0 Å². The monoisotopic (exact) mass is 285 g/mol. The maximum absolute atomic E-state index is 4.71. The van der Waals surface area contributed by atoms with E-state index in [1.807, 2.05) is 0 Å². The molecule has 0 aliphatic heterocycles. The van der Waals surface area contributed by atoms with Crippen LogP contribution in [0, 0.1) is 6.92 Å². The number of fused-ring (bicyclic) bond motifs is 8. The summed E-state index contributed by atoms with van der Waals surface area (Å²) in [6, 6.07) is 19.3. The van der Waals surface area contributed by atoms with Crippen LogP contribution in [0.3, 0.4) is 0 Å². The Morgan fingerprint density at radius 2 is 1.50 bits per heavy atom. The van der Waals surface area contributed by atoms with Crippen LogP contribution in [-0.2, 0) is 7.05 Å². The van der Waals surface area contributed by atoms with Gasteiger partial charge in [-0.1, -0.05) is 36.4 Å². The molecule has 0 spiro atoms. The van der Waals surface area contributed by atoms with Gasteiger partial charge in [-0.2, -0.15) is 5.10 Å². The molecule has 0 radical (unpaired) electrons. The van der Waals surface area contributed by atoms with E-state index >= 15 is 0 Å². The predicted molar refractivity (Wildman–Crippen MR) is 91.4 cm³/mol. The molecular formula is C19H15N3. The van der Waals surface area contributed by atoms with Crippen LogP contribution in [0.1, 0.15) is 5.69 Å². The van der Waals surface area contributed by atoms with Gasteiger partial charge in [0, 0.05) is 28.7 Å². The van der Waals surface area contributed by atoms with E-state index in [-0.39, 0.29) is 0 Å². The molecule has 0 aliphatic carbocycles. The van der Waals surface area contributed by atoms with Crippen molar-refractivity contribution in [1.82, 2.24) is 14.2 Å². The van der Waals surface area contributed by atoms with Crippen LogP contribution in [0.15, 0.2) is 54.6 Å². The second kappa shape index (κ2) is 3.89. The number of hydrogen-bond acceptors (Lipinski definition) is 1. The summed E-state index contributed by atoms with van der Waals surface area (Å²) in [4.78, 5) is 0. The lowest BCUT2D eigenvalue weighted by Crippen LogP contribution is -1.94. The van der Waals surface area contributed by atoms with Gasteiger partial charge in [-0.3, -0.25) is 0 Å². The second-order valence-corrected chi connectivity index (χ2v) is 5.90. The highest BCUT2D eigenvalue weighted by molar-refractivity contribution is 6.22. The zero-order chi connectivity index (χ0) is 14.8. The van der Waals surface area contributed by atoms with Gasteiger partial charge in [-0.15, -0.1) is 0 Å². The molecule has 0 aliphatic rings. The summed E-state index contributed by atoms with van der Waals surface area (Å²) in [5, 5.41) is 8.53. The minimum absolute atomic E-state index is 1.05. The number of aromatic nitrogens is 3. The molecule has 0 fully saturated rings. The van der Waals surface area contributed by atoms with Crippen LogP contribution < -0.4 is 0 Å². The molecule has 0 bridgehead atoms. The van der Waals surface area contributed by atoms with Crippen LogP contribution in [0.4, 0.5) is 0 Å². The summed E-state index contributed by atoms with van der Waals surface area (Å²) in [6.45, 7) is 2.05. The Bertz CT molecular complexity index is 1190. The molecule has 22 heavy (non-hydrogen) atoms. The van der Waals surface area contributed by atoms with Gasteiger partial charge in [0.05, 0.1) is 22.2 Å². The Morgan fingerprint density at radius 1 is 0.818 bits per heavy atom. The highest BCUT2D eigenvalue weighted by Crippen LogP contribution is 2.36. The highest BCUT2D eigenvalue weighted by Gasteiger charge is 2.16. The van der Waals surface area contributed by atoms with E-state index in [1.54, 1.807) is 0 Å². The third-order valence-electron chi connectivity index (χ3n) is 4.58. The van der Waals surface area contributed by atoms with Gasteiger partial charge in [0.1, 0.15) is 0 Å². The fourth-order valence-electron chi connectivity index (χ4n) is 3.69.